The molecule has 0 bridgehead atoms. The summed E-state index contributed by atoms with van der Waals surface area (Å²) in [5, 5.41) is -0.266. The van der Waals surface area contributed by atoms with E-state index in [1.807, 2.05) is 0 Å². The molecule has 0 radical (unpaired) electrons. The van der Waals surface area contributed by atoms with Crippen LogP contribution < -0.4 is 9.77 Å². The smallest absolute Gasteiger partial charge is 0.308 e. The van der Waals surface area contributed by atoms with Gasteiger partial charge in [-0.15, -0.1) is 0 Å². The van der Waals surface area contributed by atoms with Gasteiger partial charge in [0.25, 0.3) is 0 Å². The highest BCUT2D eigenvalue weighted by Crippen LogP contribution is 2.53. The highest BCUT2D eigenvalue weighted by atomic mass is 32.2. The number of morpholine rings is 1. The number of benzene rings is 2. The number of para-hydroxylation sites is 1. The van der Waals surface area contributed by atoms with E-state index in [4.69, 9.17) is 4.74 Å². The van der Waals surface area contributed by atoms with E-state index in [1.54, 1.807) is 47.4 Å². The van der Waals surface area contributed by atoms with Gasteiger partial charge in [0, 0.05) is 23.9 Å². The number of carbonyl (C=O) groups excluding carboxylic acids is 3. The summed E-state index contributed by atoms with van der Waals surface area (Å²) in [5.74, 6) is -2.74. The standard InChI is InChI=1S/C26H22FN3O5S2/c27-16-8-6-15(7-9-16)19-20-21(24(33)30(23(20)32)17-4-2-1-3-5-17)36-25-22(19)37-26(34)29(25)14-18(31)28-10-12-35-13-11-28/h1-9,19-21H,10-14H2. The summed E-state index contributed by atoms with van der Waals surface area (Å²) < 4.78 is 20.5. The maximum atomic E-state index is 13.8. The summed E-state index contributed by atoms with van der Waals surface area (Å²) in [7, 11) is 0. The first-order valence-electron chi connectivity index (χ1n) is 11.9. The minimum atomic E-state index is -0.783. The number of imide groups is 1. The number of aromatic nitrogens is 1. The van der Waals surface area contributed by atoms with E-state index in [0.717, 1.165) is 11.3 Å². The van der Waals surface area contributed by atoms with E-state index in [9.17, 15) is 23.6 Å². The zero-order chi connectivity index (χ0) is 25.7. The lowest BCUT2D eigenvalue weighted by Gasteiger charge is -2.31. The highest BCUT2D eigenvalue weighted by molar-refractivity contribution is 8.00. The third-order valence-corrected chi connectivity index (χ3v) is 9.55. The molecule has 2 aromatic carbocycles. The predicted octanol–water partition coefficient (Wildman–Crippen LogP) is 2.70. The highest BCUT2D eigenvalue weighted by Gasteiger charge is 2.56. The van der Waals surface area contributed by atoms with Crippen molar-refractivity contribution in [3.63, 3.8) is 0 Å². The van der Waals surface area contributed by atoms with Gasteiger partial charge in [0.2, 0.25) is 17.7 Å². The Kier molecular flexibility index (Phi) is 6.21. The molecule has 2 fully saturated rings. The van der Waals surface area contributed by atoms with Crippen LogP contribution in [0.1, 0.15) is 16.4 Å². The number of fused-ring (bicyclic) bond motifs is 2. The first kappa shape index (κ1) is 24.1. The van der Waals surface area contributed by atoms with Gasteiger partial charge in [-0.05, 0) is 29.8 Å². The number of nitrogens with zero attached hydrogens (tertiary/aromatic N) is 3. The minimum Gasteiger partial charge on any atom is -0.378 e. The molecule has 3 unspecified atom stereocenters. The summed E-state index contributed by atoms with van der Waals surface area (Å²) in [6.45, 7) is 1.64. The van der Waals surface area contributed by atoms with Gasteiger partial charge in [0.05, 0.1) is 29.8 Å². The van der Waals surface area contributed by atoms with Gasteiger partial charge >= 0.3 is 4.87 Å². The maximum Gasteiger partial charge on any atom is 0.308 e. The van der Waals surface area contributed by atoms with Crippen LogP contribution in [0.25, 0.3) is 0 Å². The Morgan fingerprint density at radius 3 is 2.38 bits per heavy atom. The maximum absolute atomic E-state index is 13.8. The molecule has 4 heterocycles. The first-order chi connectivity index (χ1) is 17.9. The average molecular weight is 540 g/mol. The predicted molar refractivity (Wildman–Crippen MR) is 136 cm³/mol. The molecular weight excluding hydrogens is 517 g/mol. The van der Waals surface area contributed by atoms with Crippen molar-refractivity contribution in [1.29, 1.82) is 0 Å². The quantitative estimate of drug-likeness (QED) is 0.474. The molecule has 0 N–H and O–H groups in total. The van der Waals surface area contributed by atoms with Crippen molar-refractivity contribution in [2.24, 2.45) is 5.92 Å². The van der Waals surface area contributed by atoms with Gasteiger partial charge in [-0.3, -0.25) is 23.7 Å². The molecule has 8 nitrogen and oxygen atoms in total. The van der Waals surface area contributed by atoms with E-state index in [2.05, 4.69) is 0 Å². The van der Waals surface area contributed by atoms with E-state index >= 15 is 0 Å². The Hall–Kier alpha value is -3.28. The van der Waals surface area contributed by atoms with Gasteiger partial charge in [-0.2, -0.15) is 0 Å². The normalized spacial score (nSPS) is 23.2. The summed E-state index contributed by atoms with van der Waals surface area (Å²) in [6.07, 6.45) is 0. The van der Waals surface area contributed by atoms with Crippen LogP contribution in [0, 0.1) is 11.7 Å². The van der Waals surface area contributed by atoms with Crippen LogP contribution in [0.5, 0.6) is 0 Å². The van der Waals surface area contributed by atoms with Crippen molar-refractivity contribution in [3.8, 4) is 0 Å². The van der Waals surface area contributed by atoms with Crippen LogP contribution in [0.2, 0.25) is 0 Å². The minimum absolute atomic E-state index is 0.157. The van der Waals surface area contributed by atoms with E-state index in [1.165, 1.54) is 33.4 Å². The van der Waals surface area contributed by atoms with Crippen LogP contribution in [-0.2, 0) is 25.7 Å². The Morgan fingerprint density at radius 1 is 0.973 bits per heavy atom. The number of ether oxygens (including phenoxy) is 1. The van der Waals surface area contributed by atoms with Crippen LogP contribution in [-0.4, -0.2) is 58.7 Å². The van der Waals surface area contributed by atoms with E-state index in [0.29, 0.717) is 47.5 Å². The van der Waals surface area contributed by atoms with Gasteiger partial charge in [0.15, 0.2) is 0 Å². The fourth-order valence-electron chi connectivity index (χ4n) is 5.16. The lowest BCUT2D eigenvalue weighted by molar-refractivity contribution is -0.136. The molecule has 3 aromatic rings. The Morgan fingerprint density at radius 2 is 1.68 bits per heavy atom. The third-order valence-electron chi connectivity index (χ3n) is 6.95. The van der Waals surface area contributed by atoms with Crippen molar-refractivity contribution in [3.05, 3.63) is 80.5 Å². The second-order valence-electron chi connectivity index (χ2n) is 9.06. The molecule has 1 aromatic heterocycles. The number of thiazole rings is 1. The number of rotatable bonds is 4. The van der Waals surface area contributed by atoms with Crippen molar-refractivity contribution < 1.29 is 23.5 Å². The zero-order valence-electron chi connectivity index (χ0n) is 19.5. The molecule has 37 heavy (non-hydrogen) atoms. The largest absolute Gasteiger partial charge is 0.378 e. The number of carbonyl (C=O) groups is 3. The molecule has 11 heteroatoms. The Balaban J connectivity index is 1.44. The van der Waals surface area contributed by atoms with Crippen molar-refractivity contribution in [2.45, 2.75) is 22.7 Å². The number of hydrogen-bond acceptors (Lipinski definition) is 7. The van der Waals surface area contributed by atoms with E-state index < -0.39 is 22.9 Å². The van der Waals surface area contributed by atoms with Crippen molar-refractivity contribution in [2.75, 3.05) is 31.2 Å². The van der Waals surface area contributed by atoms with Crippen LogP contribution in [0.3, 0.4) is 0 Å². The average Bonchev–Trinajstić information content (AvgIpc) is 3.36. The molecule has 190 valence electrons. The second kappa shape index (κ2) is 9.55. The van der Waals surface area contributed by atoms with Crippen molar-refractivity contribution in [1.82, 2.24) is 9.47 Å². The summed E-state index contributed by atoms with van der Waals surface area (Å²) in [5.41, 5.74) is 1.12. The van der Waals surface area contributed by atoms with Gasteiger partial charge in [-0.25, -0.2) is 9.29 Å². The Bertz CT molecular complexity index is 1430. The van der Waals surface area contributed by atoms with Gasteiger partial charge in [0.1, 0.15) is 17.6 Å². The third kappa shape index (κ3) is 4.11. The molecule has 3 amide bonds. The van der Waals surface area contributed by atoms with Crippen molar-refractivity contribution >= 4 is 46.5 Å². The molecular formula is C26H22FN3O5S2. The summed E-state index contributed by atoms with van der Waals surface area (Å²) in [6, 6.07) is 14.5. The molecule has 3 aliphatic heterocycles. The molecule has 0 aliphatic carbocycles. The van der Waals surface area contributed by atoms with E-state index in [-0.39, 0.29) is 29.1 Å². The lowest BCUT2D eigenvalue weighted by Crippen LogP contribution is -2.43. The Labute approximate surface area is 219 Å². The van der Waals surface area contributed by atoms with Crippen LogP contribution in [0.4, 0.5) is 10.1 Å². The fraction of sp³-hybridized carbons (Fsp3) is 0.308. The number of hydrogen-bond donors (Lipinski definition) is 0. The molecule has 0 saturated carbocycles. The van der Waals surface area contributed by atoms with Crippen LogP contribution in [0.15, 0.2) is 64.4 Å². The van der Waals surface area contributed by atoms with Gasteiger partial charge in [-0.1, -0.05) is 53.4 Å². The first-order valence-corrected chi connectivity index (χ1v) is 13.6. The lowest BCUT2D eigenvalue weighted by atomic mass is 9.83. The summed E-state index contributed by atoms with van der Waals surface area (Å²) >= 11 is 2.14. The molecule has 0 spiro atoms. The SMILES string of the molecule is O=C(Cn1c2c(sc1=O)C(c1ccc(F)cc1)C1C(=O)N(c3ccccc3)C(=O)C1S2)N1CCOCC1. The zero-order valence-corrected chi connectivity index (χ0v) is 21.2. The monoisotopic (exact) mass is 539 g/mol. The molecule has 3 atom stereocenters. The molecule has 6 rings (SSSR count). The van der Waals surface area contributed by atoms with Gasteiger partial charge < -0.3 is 9.64 Å². The van der Waals surface area contributed by atoms with Crippen LogP contribution >= 0.6 is 23.1 Å². The number of halogens is 1. The topological polar surface area (TPSA) is 88.9 Å². The fourth-order valence-corrected chi connectivity index (χ4v) is 7.94. The summed E-state index contributed by atoms with van der Waals surface area (Å²) in [4.78, 5) is 56.7. The number of anilines is 1. The molecule has 3 aliphatic rings. The second-order valence-corrected chi connectivity index (χ2v) is 11.2. The number of amides is 3. The molecule has 2 saturated heterocycles. The number of thioether (sulfide) groups is 1.